The number of anilines is 2. The summed E-state index contributed by atoms with van der Waals surface area (Å²) in [5.41, 5.74) is 2.64. The van der Waals surface area contributed by atoms with E-state index in [1.54, 1.807) is 44.6 Å². The number of nitrogens with one attached hydrogen (secondary N) is 3. The summed E-state index contributed by atoms with van der Waals surface area (Å²) in [5, 5.41) is 13.1. The van der Waals surface area contributed by atoms with Crippen molar-refractivity contribution in [2.75, 3.05) is 24.9 Å². The van der Waals surface area contributed by atoms with E-state index in [-0.39, 0.29) is 5.56 Å². The van der Waals surface area contributed by atoms with E-state index in [0.29, 0.717) is 39.7 Å². The second kappa shape index (κ2) is 9.23. The van der Waals surface area contributed by atoms with Crippen molar-refractivity contribution >= 4 is 34.4 Å². The zero-order valence-corrected chi connectivity index (χ0v) is 18.0. The van der Waals surface area contributed by atoms with E-state index < -0.39 is 11.8 Å². The van der Waals surface area contributed by atoms with Crippen LogP contribution in [0.2, 0.25) is 0 Å². The summed E-state index contributed by atoms with van der Waals surface area (Å²) in [7, 11) is 3.17. The molecule has 2 heterocycles. The van der Waals surface area contributed by atoms with Gasteiger partial charge in [0.25, 0.3) is 5.91 Å². The number of ether oxygens (including phenoxy) is 2. The first kappa shape index (κ1) is 21.6. The van der Waals surface area contributed by atoms with E-state index in [1.807, 2.05) is 24.3 Å². The fourth-order valence-electron chi connectivity index (χ4n) is 3.26. The van der Waals surface area contributed by atoms with Crippen molar-refractivity contribution in [3.05, 3.63) is 72.8 Å². The molecule has 33 heavy (non-hydrogen) atoms. The van der Waals surface area contributed by atoms with Gasteiger partial charge < -0.3 is 20.1 Å². The van der Waals surface area contributed by atoms with Gasteiger partial charge >= 0.3 is 0 Å². The largest absolute Gasteiger partial charge is 0.497 e. The molecule has 0 fully saturated rings. The number of hydrogen-bond donors (Lipinski definition) is 3. The third-order valence-electron chi connectivity index (χ3n) is 4.92. The molecule has 2 aromatic heterocycles. The fraction of sp³-hybridized carbons (Fsp3) is 0.0833. The smallest absolute Gasteiger partial charge is 0.258 e. The van der Waals surface area contributed by atoms with Crippen LogP contribution in [0.3, 0.4) is 0 Å². The van der Waals surface area contributed by atoms with E-state index in [4.69, 9.17) is 9.47 Å². The molecule has 0 saturated carbocycles. The zero-order valence-electron chi connectivity index (χ0n) is 18.0. The molecule has 0 spiro atoms. The molecule has 0 radical (unpaired) electrons. The molecule has 166 valence electrons. The Morgan fingerprint density at radius 1 is 1.00 bits per heavy atom. The summed E-state index contributed by atoms with van der Waals surface area (Å²) in [6.45, 7) is 3.43. The summed E-state index contributed by atoms with van der Waals surface area (Å²) in [5.74, 6) is 0.774. The van der Waals surface area contributed by atoms with E-state index in [1.165, 1.54) is 0 Å². The number of hydrogen-bond acceptors (Lipinski definition) is 6. The molecule has 9 nitrogen and oxygen atoms in total. The van der Waals surface area contributed by atoms with Gasteiger partial charge in [-0.3, -0.25) is 14.7 Å². The van der Waals surface area contributed by atoms with Gasteiger partial charge in [0.05, 0.1) is 36.6 Å². The van der Waals surface area contributed by atoms with Crippen molar-refractivity contribution < 1.29 is 19.1 Å². The zero-order chi connectivity index (χ0) is 23.4. The number of aromatic amines is 1. The van der Waals surface area contributed by atoms with Crippen molar-refractivity contribution in [3.63, 3.8) is 0 Å². The van der Waals surface area contributed by atoms with Crippen molar-refractivity contribution in [1.29, 1.82) is 0 Å². The molecule has 4 aromatic rings. The van der Waals surface area contributed by atoms with Gasteiger partial charge in [-0.05, 0) is 42.5 Å². The lowest BCUT2D eigenvalue weighted by Gasteiger charge is -2.09. The summed E-state index contributed by atoms with van der Waals surface area (Å²) < 4.78 is 10.7. The number of nitrogens with zero attached hydrogens (tertiary/aromatic N) is 2. The van der Waals surface area contributed by atoms with Crippen molar-refractivity contribution in [2.45, 2.75) is 0 Å². The third kappa shape index (κ3) is 4.52. The number of para-hydroxylation sites is 1. The molecule has 2 amide bonds. The van der Waals surface area contributed by atoms with E-state index in [2.05, 4.69) is 32.4 Å². The minimum absolute atomic E-state index is 0.289. The molecule has 3 N–H and O–H groups in total. The van der Waals surface area contributed by atoms with E-state index in [0.717, 1.165) is 11.6 Å². The van der Waals surface area contributed by atoms with Gasteiger partial charge in [-0.2, -0.15) is 5.10 Å². The normalized spacial score (nSPS) is 10.5. The van der Waals surface area contributed by atoms with Gasteiger partial charge in [0, 0.05) is 11.6 Å². The lowest BCUT2D eigenvalue weighted by Crippen LogP contribution is -2.17. The van der Waals surface area contributed by atoms with Crippen LogP contribution >= 0.6 is 0 Å². The van der Waals surface area contributed by atoms with Crippen LogP contribution in [-0.4, -0.2) is 41.2 Å². The first-order chi connectivity index (χ1) is 16.0. The van der Waals surface area contributed by atoms with Gasteiger partial charge in [-0.25, -0.2) is 4.98 Å². The minimum Gasteiger partial charge on any atom is -0.497 e. The summed E-state index contributed by atoms with van der Waals surface area (Å²) in [4.78, 5) is 29.2. The number of amides is 2. The van der Waals surface area contributed by atoms with Crippen LogP contribution in [0, 0.1) is 0 Å². The molecule has 0 saturated heterocycles. The number of rotatable bonds is 7. The Kier molecular flexibility index (Phi) is 6.03. The Hall–Kier alpha value is -4.66. The number of methoxy groups -OCH3 is 2. The number of carbonyl (C=O) groups is 2. The number of carbonyl (C=O) groups excluding carboxylic acids is 2. The highest BCUT2D eigenvalue weighted by atomic mass is 16.5. The highest BCUT2D eigenvalue weighted by Gasteiger charge is 2.16. The molecule has 0 aliphatic carbocycles. The van der Waals surface area contributed by atoms with Crippen LogP contribution in [0.4, 0.5) is 11.5 Å². The van der Waals surface area contributed by atoms with Crippen LogP contribution in [0.15, 0.2) is 67.3 Å². The molecule has 0 unspecified atom stereocenters. The standard InChI is InChI=1S/C24H21N5O4/c1-4-21(30)25-20-8-6-5-7-17(20)24(31)27-23-18-9-10-19(26-22(18)28-29-23)14-11-15(32-2)13-16(12-14)33-3/h4-13H,1H2,2-3H3,(H,25,30)(H2,26,27,28,29,31). The van der Waals surface area contributed by atoms with Crippen LogP contribution < -0.4 is 20.1 Å². The molecule has 0 atom stereocenters. The first-order valence-corrected chi connectivity index (χ1v) is 9.94. The minimum atomic E-state index is -0.426. The highest BCUT2D eigenvalue weighted by molar-refractivity contribution is 6.12. The van der Waals surface area contributed by atoms with Gasteiger partial charge in [0.1, 0.15) is 11.5 Å². The number of benzene rings is 2. The maximum atomic E-state index is 12.9. The average molecular weight is 443 g/mol. The summed E-state index contributed by atoms with van der Waals surface area (Å²) in [6, 6.07) is 15.8. The topological polar surface area (TPSA) is 118 Å². The predicted molar refractivity (Wildman–Crippen MR) is 126 cm³/mol. The highest BCUT2D eigenvalue weighted by Crippen LogP contribution is 2.30. The van der Waals surface area contributed by atoms with E-state index in [9.17, 15) is 9.59 Å². The van der Waals surface area contributed by atoms with Crippen molar-refractivity contribution in [1.82, 2.24) is 15.2 Å². The third-order valence-corrected chi connectivity index (χ3v) is 4.92. The van der Waals surface area contributed by atoms with Gasteiger partial charge in [-0.15, -0.1) is 0 Å². The molecule has 0 bridgehead atoms. The van der Waals surface area contributed by atoms with Gasteiger partial charge in [-0.1, -0.05) is 18.7 Å². The van der Waals surface area contributed by atoms with Crippen molar-refractivity contribution in [2.24, 2.45) is 0 Å². The Labute approximate surface area is 189 Å². The van der Waals surface area contributed by atoms with Crippen LogP contribution in [0.1, 0.15) is 10.4 Å². The van der Waals surface area contributed by atoms with E-state index >= 15 is 0 Å². The molecule has 2 aromatic carbocycles. The van der Waals surface area contributed by atoms with Crippen LogP contribution in [0.5, 0.6) is 11.5 Å². The number of fused-ring (bicyclic) bond motifs is 1. The SMILES string of the molecule is C=CC(=O)Nc1ccccc1C(=O)Nc1n[nH]c2nc(-c3cc(OC)cc(OC)c3)ccc12. The Bertz CT molecular complexity index is 1340. The molecular weight excluding hydrogens is 422 g/mol. The van der Waals surface area contributed by atoms with Crippen LogP contribution in [-0.2, 0) is 4.79 Å². The Morgan fingerprint density at radius 3 is 2.42 bits per heavy atom. The van der Waals surface area contributed by atoms with Crippen molar-refractivity contribution in [3.8, 4) is 22.8 Å². The van der Waals surface area contributed by atoms with Crippen LogP contribution in [0.25, 0.3) is 22.3 Å². The first-order valence-electron chi connectivity index (χ1n) is 9.94. The molecule has 9 heteroatoms. The predicted octanol–water partition coefficient (Wildman–Crippen LogP) is 4.02. The maximum absolute atomic E-state index is 12.9. The fourth-order valence-corrected chi connectivity index (χ4v) is 3.26. The molecular formula is C24H21N5O4. The molecule has 0 aliphatic rings. The van der Waals surface area contributed by atoms with Gasteiger partial charge in [0.2, 0.25) is 5.91 Å². The lowest BCUT2D eigenvalue weighted by molar-refractivity contribution is -0.111. The maximum Gasteiger partial charge on any atom is 0.258 e. The molecule has 4 rings (SSSR count). The lowest BCUT2D eigenvalue weighted by atomic mass is 10.1. The second-order valence-corrected chi connectivity index (χ2v) is 6.96. The molecule has 0 aliphatic heterocycles. The second-order valence-electron chi connectivity index (χ2n) is 6.96. The summed E-state index contributed by atoms with van der Waals surface area (Å²) in [6.07, 6.45) is 1.14. The monoisotopic (exact) mass is 443 g/mol. The number of H-pyrrole nitrogens is 1. The average Bonchev–Trinajstić information content (AvgIpc) is 3.25. The Morgan fingerprint density at radius 2 is 1.73 bits per heavy atom. The Balaban J connectivity index is 1.62. The number of aromatic nitrogens is 3. The summed E-state index contributed by atoms with van der Waals surface area (Å²) >= 11 is 0. The number of pyridine rings is 1. The quantitative estimate of drug-likeness (QED) is 0.371. The van der Waals surface area contributed by atoms with Gasteiger partial charge in [0.15, 0.2) is 11.5 Å².